The topological polar surface area (TPSA) is 117 Å². The maximum absolute atomic E-state index is 10.1. The van der Waals surface area contributed by atoms with Gasteiger partial charge in [0.15, 0.2) is 0 Å². The van der Waals surface area contributed by atoms with E-state index >= 15 is 0 Å². The lowest BCUT2D eigenvalue weighted by molar-refractivity contribution is 0.0113. The number of nitrogens with two attached hydrogens (primary N) is 1. The minimum atomic E-state index is -1.01. The monoisotopic (exact) mass is 316 g/mol. The first-order chi connectivity index (χ1) is 9.52. The van der Waals surface area contributed by atoms with Gasteiger partial charge in [-0.25, -0.2) is 4.98 Å². The number of fused-ring (bicyclic) bond motifs is 1. The van der Waals surface area contributed by atoms with Crippen molar-refractivity contribution in [3.05, 3.63) is 17.4 Å². The molecule has 0 aromatic carbocycles. The van der Waals surface area contributed by atoms with Crippen molar-refractivity contribution >= 4 is 40.3 Å². The molecule has 0 radical (unpaired) electrons. The van der Waals surface area contributed by atoms with Crippen LogP contribution in [0.15, 0.2) is 12.3 Å². The molecule has 5 N–H and O–H groups in total. The summed E-state index contributed by atoms with van der Waals surface area (Å²) in [5.41, 5.74) is 6.08. The van der Waals surface area contributed by atoms with Crippen LogP contribution in [0.3, 0.4) is 0 Å². The zero-order valence-corrected chi connectivity index (χ0v) is 11.8. The highest BCUT2D eigenvalue weighted by molar-refractivity contribution is 8.00. The van der Waals surface area contributed by atoms with Gasteiger partial charge in [0.25, 0.3) is 0 Å². The summed E-state index contributed by atoms with van der Waals surface area (Å²) in [6, 6.07) is 1.73. The number of aliphatic hydroxyl groups is 3. The molecule has 0 bridgehead atoms. The molecule has 0 spiro atoms. The van der Waals surface area contributed by atoms with Gasteiger partial charge in [-0.05, 0) is 6.07 Å². The SMILES string of the molecule is Nc1nc(Cl)c2ccn([C@@H]3S[C@H](CO)[C@@H](O)[C@@H]3O)c2n1. The lowest BCUT2D eigenvalue weighted by Gasteiger charge is -2.17. The van der Waals surface area contributed by atoms with Crippen LogP contribution in [0.4, 0.5) is 5.95 Å². The van der Waals surface area contributed by atoms with E-state index in [2.05, 4.69) is 9.97 Å². The lowest BCUT2D eigenvalue weighted by Crippen LogP contribution is -2.32. The quantitative estimate of drug-likeness (QED) is 0.576. The van der Waals surface area contributed by atoms with E-state index in [0.29, 0.717) is 11.0 Å². The van der Waals surface area contributed by atoms with Gasteiger partial charge in [-0.3, -0.25) is 0 Å². The zero-order valence-electron chi connectivity index (χ0n) is 10.2. The molecule has 108 valence electrons. The average molecular weight is 317 g/mol. The van der Waals surface area contributed by atoms with Crippen molar-refractivity contribution < 1.29 is 15.3 Å². The van der Waals surface area contributed by atoms with Gasteiger partial charge in [0.1, 0.15) is 22.3 Å². The predicted molar refractivity (Wildman–Crippen MR) is 76.5 cm³/mol. The van der Waals surface area contributed by atoms with Crippen LogP contribution in [-0.4, -0.2) is 53.9 Å². The van der Waals surface area contributed by atoms with Gasteiger partial charge in [0.2, 0.25) is 5.95 Å². The van der Waals surface area contributed by atoms with Crippen molar-refractivity contribution in [3.8, 4) is 0 Å². The smallest absolute Gasteiger partial charge is 0.223 e. The van der Waals surface area contributed by atoms with E-state index in [1.54, 1.807) is 16.8 Å². The fourth-order valence-corrected chi connectivity index (χ4v) is 3.95. The second-order valence-corrected chi connectivity index (χ2v) is 6.28. The molecule has 0 aliphatic carbocycles. The summed E-state index contributed by atoms with van der Waals surface area (Å²) in [5.74, 6) is 0.0409. The Morgan fingerprint density at radius 1 is 1.35 bits per heavy atom. The highest BCUT2D eigenvalue weighted by Gasteiger charge is 2.43. The molecule has 1 fully saturated rings. The van der Waals surface area contributed by atoms with E-state index in [0.717, 1.165) is 0 Å². The van der Waals surface area contributed by atoms with E-state index in [-0.39, 0.29) is 17.7 Å². The van der Waals surface area contributed by atoms with Crippen LogP contribution in [0, 0.1) is 0 Å². The summed E-state index contributed by atoms with van der Waals surface area (Å²) in [7, 11) is 0. The van der Waals surface area contributed by atoms with Gasteiger partial charge in [-0.15, -0.1) is 11.8 Å². The number of hydrogen-bond donors (Lipinski definition) is 4. The Kier molecular flexibility index (Phi) is 3.51. The molecule has 7 nitrogen and oxygen atoms in total. The molecule has 9 heteroatoms. The summed E-state index contributed by atoms with van der Waals surface area (Å²) < 4.78 is 1.69. The van der Waals surface area contributed by atoms with E-state index in [9.17, 15) is 15.3 Å². The normalized spacial score (nSPS) is 30.2. The second kappa shape index (κ2) is 5.05. The van der Waals surface area contributed by atoms with Gasteiger partial charge >= 0.3 is 0 Å². The Balaban J connectivity index is 2.07. The van der Waals surface area contributed by atoms with E-state index in [4.69, 9.17) is 17.3 Å². The Hall–Kier alpha value is -1.06. The number of aliphatic hydroxyl groups excluding tert-OH is 3. The molecule has 20 heavy (non-hydrogen) atoms. The van der Waals surface area contributed by atoms with Crippen LogP contribution >= 0.6 is 23.4 Å². The van der Waals surface area contributed by atoms with Crippen molar-refractivity contribution in [1.29, 1.82) is 0 Å². The molecule has 3 rings (SSSR count). The number of thioether (sulfide) groups is 1. The minimum absolute atomic E-state index is 0.0409. The summed E-state index contributed by atoms with van der Waals surface area (Å²) in [5, 5.41) is 29.2. The average Bonchev–Trinajstić information content (AvgIpc) is 2.93. The van der Waals surface area contributed by atoms with Crippen molar-refractivity contribution in [1.82, 2.24) is 14.5 Å². The number of aromatic nitrogens is 3. The third kappa shape index (κ3) is 2.04. The molecular weight excluding hydrogens is 304 g/mol. The molecule has 1 aliphatic rings. The molecular formula is C11H13ClN4O3S. The first kappa shape index (κ1) is 13.9. The van der Waals surface area contributed by atoms with Crippen LogP contribution in [0.2, 0.25) is 5.15 Å². The Morgan fingerprint density at radius 3 is 2.75 bits per heavy atom. The van der Waals surface area contributed by atoms with Crippen LogP contribution in [-0.2, 0) is 0 Å². The molecule has 0 unspecified atom stereocenters. The van der Waals surface area contributed by atoms with Crippen molar-refractivity contribution in [3.63, 3.8) is 0 Å². The number of hydrogen-bond acceptors (Lipinski definition) is 7. The first-order valence-electron chi connectivity index (χ1n) is 5.95. The summed E-state index contributed by atoms with van der Waals surface area (Å²) in [6.07, 6.45) is -0.303. The molecule has 3 heterocycles. The largest absolute Gasteiger partial charge is 0.395 e. The fraction of sp³-hybridized carbons (Fsp3) is 0.455. The third-order valence-electron chi connectivity index (χ3n) is 3.33. The summed E-state index contributed by atoms with van der Waals surface area (Å²) >= 11 is 7.28. The maximum Gasteiger partial charge on any atom is 0.223 e. The maximum atomic E-state index is 10.1. The highest BCUT2D eigenvalue weighted by atomic mass is 35.5. The van der Waals surface area contributed by atoms with Gasteiger partial charge in [0, 0.05) is 6.20 Å². The number of anilines is 1. The van der Waals surface area contributed by atoms with E-state index < -0.39 is 22.8 Å². The Labute approximate surface area is 123 Å². The van der Waals surface area contributed by atoms with Crippen molar-refractivity contribution in [2.75, 3.05) is 12.3 Å². The first-order valence-corrected chi connectivity index (χ1v) is 7.27. The number of nitrogens with zero attached hydrogens (tertiary/aromatic N) is 3. The van der Waals surface area contributed by atoms with Crippen molar-refractivity contribution in [2.24, 2.45) is 0 Å². The predicted octanol–water partition coefficient (Wildman–Crippen LogP) is -0.00500. The molecule has 1 aliphatic heterocycles. The van der Waals surface area contributed by atoms with E-state index in [1.165, 1.54) is 11.8 Å². The standard InChI is InChI=1S/C11H13ClN4O3S/c12-8-4-1-2-16(9(4)15-11(13)14-8)10-7(19)6(18)5(3-17)20-10/h1-2,5-7,10,17-19H,3H2,(H2,13,14,15)/t5-,6-,7+,10-/m1/s1. The number of rotatable bonds is 2. The molecule has 2 aromatic rings. The van der Waals surface area contributed by atoms with Crippen LogP contribution in [0.25, 0.3) is 11.0 Å². The van der Waals surface area contributed by atoms with Crippen LogP contribution in [0.1, 0.15) is 5.37 Å². The second-order valence-electron chi connectivity index (χ2n) is 4.56. The molecule has 1 saturated heterocycles. The Morgan fingerprint density at radius 2 is 2.10 bits per heavy atom. The fourth-order valence-electron chi connectivity index (χ4n) is 2.33. The van der Waals surface area contributed by atoms with Crippen LogP contribution < -0.4 is 5.73 Å². The molecule has 2 aromatic heterocycles. The molecule has 4 atom stereocenters. The zero-order chi connectivity index (χ0) is 14.4. The lowest BCUT2D eigenvalue weighted by atomic mass is 10.1. The van der Waals surface area contributed by atoms with E-state index in [1.807, 2.05) is 0 Å². The number of halogens is 1. The Bertz CT molecular complexity index is 652. The van der Waals surface area contributed by atoms with Gasteiger partial charge in [0.05, 0.1) is 23.3 Å². The third-order valence-corrected chi connectivity index (χ3v) is 5.18. The number of nitrogen functional groups attached to an aromatic ring is 1. The van der Waals surface area contributed by atoms with Gasteiger partial charge in [-0.2, -0.15) is 4.98 Å². The molecule has 0 saturated carbocycles. The van der Waals surface area contributed by atoms with Gasteiger partial charge in [-0.1, -0.05) is 11.6 Å². The summed E-state index contributed by atoms with van der Waals surface area (Å²) in [4.78, 5) is 7.99. The van der Waals surface area contributed by atoms with Crippen molar-refractivity contribution in [2.45, 2.75) is 22.8 Å². The minimum Gasteiger partial charge on any atom is -0.395 e. The van der Waals surface area contributed by atoms with Gasteiger partial charge < -0.3 is 25.6 Å². The van der Waals surface area contributed by atoms with Crippen LogP contribution in [0.5, 0.6) is 0 Å². The summed E-state index contributed by atoms with van der Waals surface area (Å²) in [6.45, 7) is -0.212. The highest BCUT2D eigenvalue weighted by Crippen LogP contribution is 2.43. The molecule has 0 amide bonds.